The van der Waals surface area contributed by atoms with Gasteiger partial charge in [-0.25, -0.2) is 9.36 Å². The van der Waals surface area contributed by atoms with E-state index < -0.39 is 65.4 Å². The van der Waals surface area contributed by atoms with E-state index in [1.165, 1.54) is 13.3 Å². The second-order valence-corrected chi connectivity index (χ2v) is 16.7. The van der Waals surface area contributed by atoms with Crippen LogP contribution in [0.15, 0.2) is 107 Å². The summed E-state index contributed by atoms with van der Waals surface area (Å²) in [4.78, 5) is 38.7. The molecule has 4 aromatic rings. The summed E-state index contributed by atoms with van der Waals surface area (Å²) in [5, 5.41) is 0. The van der Waals surface area contributed by atoms with Crippen molar-refractivity contribution in [2.75, 3.05) is 40.6 Å². The summed E-state index contributed by atoms with van der Waals surface area (Å²) in [6.45, 7) is -0.600. The fourth-order valence-electron chi connectivity index (χ4n) is 6.71. The van der Waals surface area contributed by atoms with Crippen LogP contribution in [-0.4, -0.2) is 83.0 Å². The molecule has 1 aromatic heterocycles. The maximum Gasteiger partial charge on any atom is 0.472 e. The van der Waals surface area contributed by atoms with Crippen molar-refractivity contribution in [1.29, 1.82) is 0 Å². The van der Waals surface area contributed by atoms with Gasteiger partial charge in [0, 0.05) is 32.2 Å². The lowest BCUT2D eigenvalue weighted by Gasteiger charge is -2.40. The highest BCUT2D eigenvalue weighted by Gasteiger charge is 2.55. The largest absolute Gasteiger partial charge is 0.497 e. The zero-order valence-corrected chi connectivity index (χ0v) is 32.9. The third-order valence-electron chi connectivity index (χ3n) is 9.36. The van der Waals surface area contributed by atoms with Crippen molar-refractivity contribution < 1.29 is 46.9 Å². The second-order valence-electron chi connectivity index (χ2n) is 12.8. The molecule has 2 saturated heterocycles. The van der Waals surface area contributed by atoms with E-state index in [1.54, 1.807) is 7.11 Å². The van der Waals surface area contributed by atoms with Crippen LogP contribution in [0.2, 0.25) is 0 Å². The highest BCUT2D eigenvalue weighted by atomic mass is 35.6. The molecule has 0 saturated carbocycles. The first kappa shape index (κ1) is 41.6. The first-order valence-corrected chi connectivity index (χ1v) is 19.8. The number of hydrogen-bond donors (Lipinski definition) is 2. The number of phosphoric acid groups is 1. The molecular weight excluding hydrogens is 802 g/mol. The fourth-order valence-corrected chi connectivity index (χ4v) is 8.09. The number of nitrogens with one attached hydrogen (secondary N) is 1. The normalized spacial score (nSPS) is 22.6. The molecule has 0 amide bonds. The van der Waals surface area contributed by atoms with Gasteiger partial charge in [-0.1, -0.05) is 108 Å². The van der Waals surface area contributed by atoms with Crippen LogP contribution in [0.25, 0.3) is 0 Å². The van der Waals surface area contributed by atoms with Gasteiger partial charge in [-0.3, -0.25) is 23.4 Å². The number of methoxy groups -OCH3 is 2. The van der Waals surface area contributed by atoms with Gasteiger partial charge in [0.25, 0.3) is 5.56 Å². The van der Waals surface area contributed by atoms with Crippen molar-refractivity contribution in [3.8, 4) is 5.75 Å². The van der Waals surface area contributed by atoms with Crippen molar-refractivity contribution in [1.82, 2.24) is 9.55 Å². The summed E-state index contributed by atoms with van der Waals surface area (Å²) in [6, 6.07) is 27.4. The van der Waals surface area contributed by atoms with Crippen molar-refractivity contribution in [2.24, 2.45) is 0 Å². The second kappa shape index (κ2) is 17.6. The average Bonchev–Trinajstić information content (AvgIpc) is 3.50. The topological polar surface area (TPSA) is 166 Å². The van der Waals surface area contributed by atoms with E-state index in [2.05, 4.69) is 4.98 Å². The average molecular weight is 842 g/mol. The first-order valence-electron chi connectivity index (χ1n) is 17.2. The molecule has 0 bridgehead atoms. The summed E-state index contributed by atoms with van der Waals surface area (Å²) < 4.78 is 60.8. The van der Waals surface area contributed by atoms with E-state index in [4.69, 9.17) is 72.3 Å². The van der Waals surface area contributed by atoms with E-state index in [-0.39, 0.29) is 32.7 Å². The van der Waals surface area contributed by atoms with Crippen LogP contribution in [0.5, 0.6) is 5.75 Å². The monoisotopic (exact) mass is 840 g/mol. The third kappa shape index (κ3) is 9.73. The number of ether oxygens (including phenoxy) is 6. The van der Waals surface area contributed by atoms with Crippen LogP contribution in [-0.2, 0) is 42.9 Å². The van der Waals surface area contributed by atoms with E-state index >= 15 is 0 Å². The van der Waals surface area contributed by atoms with Gasteiger partial charge in [-0.05, 0) is 28.8 Å². The zero-order valence-electron chi connectivity index (χ0n) is 29.8. The molecule has 2 fully saturated rings. The van der Waals surface area contributed by atoms with Gasteiger partial charge in [-0.2, -0.15) is 0 Å². The standard InChI is InChI=1S/C37H40Cl3N2O12P/c1-47-28-15-13-27(14-16-28)37(25-9-5-3-6-10-25,26-11-7-4-8-12-26)50-23-29-31(54-55(45,46)51-24-36(38,39)40)32(53-35(48-2)18-21-49-22-19-35)33(52-29)42-20-17-30(43)41-34(42)44/h3-17,20,29,31-33H,18-19,21-24H2,1-2H3,(H,45,46)(H,41,43,44)/t29-,31-,32-,33-/m1/s1. The lowest BCUT2D eigenvalue weighted by atomic mass is 9.80. The van der Waals surface area contributed by atoms with E-state index in [0.29, 0.717) is 11.3 Å². The van der Waals surface area contributed by atoms with E-state index in [0.717, 1.165) is 21.8 Å². The molecule has 18 heteroatoms. The zero-order chi connectivity index (χ0) is 39.3. The molecule has 0 aliphatic carbocycles. The Kier molecular flexibility index (Phi) is 13.3. The highest BCUT2D eigenvalue weighted by Crippen LogP contribution is 2.52. The van der Waals surface area contributed by atoms with Gasteiger partial charge in [-0.15, -0.1) is 0 Å². The minimum atomic E-state index is -5.08. The molecule has 0 spiro atoms. The van der Waals surface area contributed by atoms with Crippen molar-refractivity contribution in [2.45, 2.75) is 52.6 Å². The van der Waals surface area contributed by atoms with Crippen molar-refractivity contribution >= 4 is 42.6 Å². The molecule has 14 nitrogen and oxygen atoms in total. The van der Waals surface area contributed by atoms with Gasteiger partial charge < -0.3 is 33.3 Å². The van der Waals surface area contributed by atoms with Crippen LogP contribution in [0.4, 0.5) is 0 Å². The Morgan fingerprint density at radius 1 is 0.891 bits per heavy atom. The summed E-state index contributed by atoms with van der Waals surface area (Å²) in [6.07, 6.45) is -3.77. The van der Waals surface area contributed by atoms with Crippen LogP contribution >= 0.6 is 42.6 Å². The van der Waals surface area contributed by atoms with Gasteiger partial charge in [0.2, 0.25) is 3.79 Å². The quantitative estimate of drug-likeness (QED) is 0.0635. The SMILES string of the molecule is COc1ccc(C(OC[C@H]2O[C@@H](n3ccc(=O)[nH]c3=O)[C@H](OC3(OC)CCOCC3)[C@@H]2OP(=O)(O)OCC(Cl)(Cl)Cl)(c2ccccc2)c2ccccc2)cc1. The number of aromatic amines is 1. The van der Waals surface area contributed by atoms with Gasteiger partial charge in [0.1, 0.15) is 36.3 Å². The Bertz CT molecular complexity index is 1990. The smallest absolute Gasteiger partial charge is 0.472 e. The summed E-state index contributed by atoms with van der Waals surface area (Å²) in [7, 11) is -2.06. The Hall–Kier alpha value is -3.08. The Labute approximate surface area is 331 Å². The van der Waals surface area contributed by atoms with Crippen LogP contribution < -0.4 is 16.0 Å². The Morgan fingerprint density at radius 2 is 1.49 bits per heavy atom. The predicted octanol–water partition coefficient (Wildman–Crippen LogP) is 5.86. The maximum atomic E-state index is 13.6. The minimum absolute atomic E-state index is 0.254. The van der Waals surface area contributed by atoms with E-state index in [9.17, 15) is 19.0 Å². The molecular formula is C37H40Cl3N2O12P. The van der Waals surface area contributed by atoms with Gasteiger partial charge in [0.15, 0.2) is 12.0 Å². The minimum Gasteiger partial charge on any atom is -0.497 e. The Balaban J connectivity index is 1.48. The molecule has 2 aliphatic heterocycles. The van der Waals surface area contributed by atoms with Gasteiger partial charge in [0.05, 0.1) is 26.9 Å². The number of halogens is 3. The predicted molar refractivity (Wildman–Crippen MR) is 203 cm³/mol. The lowest BCUT2D eigenvalue weighted by molar-refractivity contribution is -0.292. The highest BCUT2D eigenvalue weighted by molar-refractivity contribution is 7.47. The number of hydrogen-bond acceptors (Lipinski definition) is 11. The van der Waals surface area contributed by atoms with Crippen LogP contribution in [0.1, 0.15) is 35.8 Å². The molecule has 2 aliphatic rings. The summed E-state index contributed by atoms with van der Waals surface area (Å²) >= 11 is 17.6. The Morgan fingerprint density at radius 3 is 2.04 bits per heavy atom. The van der Waals surface area contributed by atoms with Crippen molar-refractivity contribution in [3.05, 3.63) is 135 Å². The number of aromatic nitrogens is 2. The number of H-pyrrole nitrogens is 1. The van der Waals surface area contributed by atoms with Crippen LogP contribution in [0, 0.1) is 0 Å². The number of benzene rings is 3. The van der Waals surface area contributed by atoms with Crippen LogP contribution in [0.3, 0.4) is 0 Å². The molecule has 5 atom stereocenters. The molecule has 3 heterocycles. The fraction of sp³-hybridized carbons (Fsp3) is 0.405. The number of phosphoric ester groups is 1. The summed E-state index contributed by atoms with van der Waals surface area (Å²) in [5.74, 6) is -0.679. The molecule has 6 rings (SSSR count). The molecule has 1 unspecified atom stereocenters. The van der Waals surface area contributed by atoms with Crippen molar-refractivity contribution in [3.63, 3.8) is 0 Å². The van der Waals surface area contributed by atoms with Gasteiger partial charge >= 0.3 is 13.5 Å². The number of rotatable bonds is 15. The van der Waals surface area contributed by atoms with E-state index in [1.807, 2.05) is 84.9 Å². The molecule has 55 heavy (non-hydrogen) atoms. The summed E-state index contributed by atoms with van der Waals surface area (Å²) in [5.41, 5.74) is -0.621. The molecule has 2 N–H and O–H groups in total. The molecule has 3 aromatic carbocycles. The molecule has 0 radical (unpaired) electrons. The third-order valence-corrected chi connectivity index (χ3v) is 10.6. The number of alkyl halides is 3. The first-order chi connectivity index (χ1) is 26.3. The maximum absolute atomic E-state index is 13.6. The lowest BCUT2D eigenvalue weighted by Crippen LogP contribution is -2.50. The molecule has 296 valence electrons. The number of nitrogens with zero attached hydrogens (tertiary/aromatic N) is 1.